The standard InChI is InChI=1S/C21H22ClN3O6S3/c1-3-31-21(26)25-17-9-6-14(10-16(17)23)24-11-18-20(33(2,27)28)19(12-32-18)34(29,30)15-7-4-13(22)5-8-15/h4-10,12,24H,3,11,23H2,1-2H3,(H,25,26). The highest BCUT2D eigenvalue weighted by molar-refractivity contribution is 7.94. The molecule has 0 spiro atoms. The third-order valence-corrected chi connectivity index (χ3v) is 9.23. The van der Waals surface area contributed by atoms with Gasteiger partial charge in [0.25, 0.3) is 0 Å². The summed E-state index contributed by atoms with van der Waals surface area (Å²) in [7, 11) is -7.97. The number of hydrogen-bond acceptors (Lipinski definition) is 9. The van der Waals surface area contributed by atoms with Gasteiger partial charge in [0.05, 0.1) is 29.4 Å². The predicted octanol–water partition coefficient (Wildman–Crippen LogP) is 4.40. The minimum Gasteiger partial charge on any atom is -0.450 e. The molecule has 1 heterocycles. The summed E-state index contributed by atoms with van der Waals surface area (Å²) in [4.78, 5) is 11.3. The maximum absolute atomic E-state index is 13.1. The number of nitrogens with one attached hydrogen (secondary N) is 2. The second-order valence-corrected chi connectivity index (χ2v) is 12.4. The van der Waals surface area contributed by atoms with Crippen molar-refractivity contribution in [3.05, 3.63) is 57.7 Å². The lowest BCUT2D eigenvalue weighted by Gasteiger charge is -2.12. The number of nitrogens with two attached hydrogens (primary N) is 1. The van der Waals surface area contributed by atoms with Crippen LogP contribution in [0.1, 0.15) is 11.8 Å². The molecule has 34 heavy (non-hydrogen) atoms. The molecule has 0 aliphatic carbocycles. The predicted molar refractivity (Wildman–Crippen MR) is 133 cm³/mol. The lowest BCUT2D eigenvalue weighted by molar-refractivity contribution is 0.168. The summed E-state index contributed by atoms with van der Waals surface area (Å²) in [5.41, 5.74) is 7.14. The average molecular weight is 544 g/mol. The molecule has 9 nitrogen and oxygen atoms in total. The van der Waals surface area contributed by atoms with Crippen LogP contribution in [0.3, 0.4) is 0 Å². The van der Waals surface area contributed by atoms with Crippen molar-refractivity contribution in [1.29, 1.82) is 0 Å². The first-order valence-corrected chi connectivity index (χ1v) is 14.4. The molecule has 0 aliphatic heterocycles. The molecule has 3 aromatic rings. The third-order valence-electron chi connectivity index (χ3n) is 4.59. The quantitative estimate of drug-likeness (QED) is 0.354. The molecule has 0 radical (unpaired) electrons. The Morgan fingerprint density at radius 1 is 1.12 bits per heavy atom. The summed E-state index contributed by atoms with van der Waals surface area (Å²) in [6.07, 6.45) is 0.327. The molecule has 0 fully saturated rings. The van der Waals surface area contributed by atoms with Gasteiger partial charge in [-0.3, -0.25) is 5.32 Å². The van der Waals surface area contributed by atoms with E-state index in [9.17, 15) is 21.6 Å². The summed E-state index contributed by atoms with van der Waals surface area (Å²) in [6, 6.07) is 10.3. The van der Waals surface area contributed by atoms with Crippen LogP contribution in [0, 0.1) is 0 Å². The summed E-state index contributed by atoms with van der Waals surface area (Å²) in [5.74, 6) is 0. The van der Waals surface area contributed by atoms with Gasteiger partial charge in [0.1, 0.15) is 9.79 Å². The van der Waals surface area contributed by atoms with Crippen LogP contribution in [0.5, 0.6) is 0 Å². The van der Waals surface area contributed by atoms with Crippen LogP contribution in [0.25, 0.3) is 0 Å². The number of hydrogen-bond donors (Lipinski definition) is 3. The molecular weight excluding hydrogens is 522 g/mol. The van der Waals surface area contributed by atoms with E-state index < -0.39 is 25.8 Å². The molecule has 0 bridgehead atoms. The van der Waals surface area contributed by atoms with E-state index in [0.29, 0.717) is 21.3 Å². The van der Waals surface area contributed by atoms with E-state index in [-0.39, 0.29) is 33.5 Å². The first kappa shape index (κ1) is 25.8. The number of ether oxygens (including phenoxy) is 1. The summed E-state index contributed by atoms with van der Waals surface area (Å²) < 4.78 is 56.2. The molecule has 0 atom stereocenters. The van der Waals surface area contributed by atoms with E-state index in [4.69, 9.17) is 22.1 Å². The van der Waals surface area contributed by atoms with Crippen molar-refractivity contribution in [2.45, 2.75) is 28.2 Å². The van der Waals surface area contributed by atoms with Crippen molar-refractivity contribution in [1.82, 2.24) is 0 Å². The maximum atomic E-state index is 13.1. The number of thiophene rings is 1. The van der Waals surface area contributed by atoms with Gasteiger partial charge in [-0.2, -0.15) is 0 Å². The van der Waals surface area contributed by atoms with Crippen LogP contribution in [-0.4, -0.2) is 35.8 Å². The van der Waals surface area contributed by atoms with Gasteiger partial charge in [-0.25, -0.2) is 21.6 Å². The largest absolute Gasteiger partial charge is 0.450 e. The first-order valence-electron chi connectivity index (χ1n) is 9.81. The number of carbonyl (C=O) groups excluding carboxylic acids is 1. The fourth-order valence-electron chi connectivity index (χ4n) is 3.05. The molecular formula is C21H22ClN3O6S3. The van der Waals surface area contributed by atoms with E-state index >= 15 is 0 Å². The van der Waals surface area contributed by atoms with E-state index in [1.807, 2.05) is 0 Å². The molecule has 1 aromatic heterocycles. The van der Waals surface area contributed by atoms with Crippen molar-refractivity contribution >= 4 is 65.8 Å². The maximum Gasteiger partial charge on any atom is 0.411 e. The van der Waals surface area contributed by atoms with Gasteiger partial charge in [0, 0.05) is 27.2 Å². The number of nitrogen functional groups attached to an aromatic ring is 1. The zero-order valence-corrected chi connectivity index (χ0v) is 21.4. The third kappa shape index (κ3) is 5.81. The van der Waals surface area contributed by atoms with E-state index in [0.717, 1.165) is 17.6 Å². The van der Waals surface area contributed by atoms with Gasteiger partial charge >= 0.3 is 6.09 Å². The van der Waals surface area contributed by atoms with Gasteiger partial charge in [0.2, 0.25) is 9.84 Å². The first-order chi connectivity index (χ1) is 15.9. The van der Waals surface area contributed by atoms with Crippen LogP contribution in [-0.2, 0) is 31.0 Å². The Bertz CT molecular complexity index is 1420. The number of rotatable bonds is 8. The number of anilines is 3. The highest BCUT2D eigenvalue weighted by Gasteiger charge is 2.30. The fourth-order valence-corrected chi connectivity index (χ4v) is 8.12. The molecule has 3 rings (SSSR count). The molecule has 2 aromatic carbocycles. The van der Waals surface area contributed by atoms with Gasteiger partial charge in [0.15, 0.2) is 9.84 Å². The zero-order valence-electron chi connectivity index (χ0n) is 18.2. The fraction of sp³-hybridized carbons (Fsp3) is 0.190. The zero-order chi connectivity index (χ0) is 25.1. The average Bonchev–Trinajstić information content (AvgIpc) is 3.20. The minimum absolute atomic E-state index is 0.0350. The molecule has 4 N–H and O–H groups in total. The molecule has 13 heteroatoms. The second-order valence-electron chi connectivity index (χ2n) is 7.08. The van der Waals surface area contributed by atoms with Crippen LogP contribution in [0.2, 0.25) is 5.02 Å². The summed E-state index contributed by atoms with van der Waals surface area (Å²) in [5, 5.41) is 7.23. The number of halogens is 1. The topological polar surface area (TPSA) is 145 Å². The van der Waals surface area contributed by atoms with Crippen molar-refractivity contribution in [2.75, 3.05) is 29.2 Å². The van der Waals surface area contributed by atoms with Crippen LogP contribution >= 0.6 is 22.9 Å². The van der Waals surface area contributed by atoms with Crippen LogP contribution in [0.15, 0.2) is 62.5 Å². The second kappa shape index (κ2) is 10.2. The SMILES string of the molecule is CCOC(=O)Nc1ccc(NCc2scc(S(=O)(=O)c3ccc(Cl)cc3)c2S(C)(=O)=O)cc1N. The number of benzene rings is 2. The van der Waals surface area contributed by atoms with Gasteiger partial charge in [-0.05, 0) is 49.4 Å². The number of carbonyl (C=O) groups is 1. The Balaban J connectivity index is 1.88. The van der Waals surface area contributed by atoms with E-state index in [1.54, 1.807) is 25.1 Å². The highest BCUT2D eigenvalue weighted by atomic mass is 35.5. The van der Waals surface area contributed by atoms with Gasteiger partial charge in [-0.1, -0.05) is 11.6 Å². The highest BCUT2D eigenvalue weighted by Crippen LogP contribution is 2.35. The van der Waals surface area contributed by atoms with Gasteiger partial charge < -0.3 is 15.8 Å². The summed E-state index contributed by atoms with van der Waals surface area (Å²) in [6.45, 7) is 1.93. The van der Waals surface area contributed by atoms with E-state index in [1.165, 1.54) is 29.6 Å². The van der Waals surface area contributed by atoms with Gasteiger partial charge in [-0.15, -0.1) is 11.3 Å². The smallest absolute Gasteiger partial charge is 0.411 e. The van der Waals surface area contributed by atoms with E-state index in [2.05, 4.69) is 10.6 Å². The van der Waals surface area contributed by atoms with Crippen molar-refractivity contribution in [3.8, 4) is 0 Å². The lowest BCUT2D eigenvalue weighted by atomic mass is 10.2. The Hall–Kier alpha value is -2.80. The Morgan fingerprint density at radius 3 is 2.38 bits per heavy atom. The van der Waals surface area contributed by atoms with Crippen molar-refractivity contribution in [2.24, 2.45) is 0 Å². The number of sulfone groups is 2. The molecule has 0 saturated carbocycles. The Morgan fingerprint density at radius 2 is 1.79 bits per heavy atom. The molecule has 0 aliphatic rings. The molecule has 182 valence electrons. The summed E-state index contributed by atoms with van der Waals surface area (Å²) >= 11 is 6.86. The van der Waals surface area contributed by atoms with Crippen molar-refractivity contribution < 1.29 is 26.4 Å². The normalized spacial score (nSPS) is 11.7. The van der Waals surface area contributed by atoms with Crippen LogP contribution in [0.4, 0.5) is 21.9 Å². The molecule has 1 amide bonds. The van der Waals surface area contributed by atoms with Crippen molar-refractivity contribution in [3.63, 3.8) is 0 Å². The minimum atomic E-state index is -4.09. The Kier molecular flexibility index (Phi) is 7.76. The molecule has 0 saturated heterocycles. The monoisotopic (exact) mass is 543 g/mol. The number of amides is 1. The molecule has 0 unspecified atom stereocenters. The lowest BCUT2D eigenvalue weighted by Crippen LogP contribution is -2.14. The Labute approximate surface area is 206 Å². The van der Waals surface area contributed by atoms with Crippen LogP contribution < -0.4 is 16.4 Å².